The Morgan fingerprint density at radius 2 is 0.963 bits per heavy atom. The molecule has 4 N–H and O–H groups in total. The minimum absolute atomic E-state index is 0.154. The molecule has 0 radical (unpaired) electrons. The van der Waals surface area contributed by atoms with Crippen molar-refractivity contribution in [3.05, 3.63) is 12.2 Å². The molecule has 0 amide bonds. The highest BCUT2D eigenvalue weighted by Crippen LogP contribution is 2.43. The van der Waals surface area contributed by atoms with E-state index in [9.17, 15) is 23.8 Å². The predicted octanol–water partition coefficient (Wildman–Crippen LogP) is 11.3. The first-order valence-corrected chi connectivity index (χ1v) is 23.2. The molecule has 0 aliphatic heterocycles. The third-order valence-corrected chi connectivity index (χ3v) is 10.4. The summed E-state index contributed by atoms with van der Waals surface area (Å²) in [4.78, 5) is 45.8. The molecular formula is C42H80NO10P. The van der Waals surface area contributed by atoms with E-state index in [2.05, 4.69) is 30.5 Å². The molecule has 0 saturated heterocycles. The number of unbranched alkanes of at least 4 members (excludes halogenated alkanes) is 25. The number of phosphoric acid groups is 1. The number of allylic oxidation sites excluding steroid dienone is 2. The average molecular weight is 790 g/mol. The van der Waals surface area contributed by atoms with Gasteiger partial charge in [0.2, 0.25) is 0 Å². The first-order valence-electron chi connectivity index (χ1n) is 21.7. The zero-order valence-corrected chi connectivity index (χ0v) is 35.2. The topological polar surface area (TPSA) is 172 Å². The molecule has 0 rings (SSSR count). The molecule has 3 atom stereocenters. The minimum Gasteiger partial charge on any atom is -0.480 e. The van der Waals surface area contributed by atoms with Gasteiger partial charge in [-0.15, -0.1) is 0 Å². The molecule has 0 aromatic carbocycles. The van der Waals surface area contributed by atoms with Crippen LogP contribution in [-0.2, 0) is 37.5 Å². The molecular weight excluding hydrogens is 709 g/mol. The average Bonchev–Trinajstić information content (AvgIpc) is 3.14. The van der Waals surface area contributed by atoms with Gasteiger partial charge in [0.05, 0.1) is 13.2 Å². The van der Waals surface area contributed by atoms with E-state index in [0.717, 1.165) is 64.2 Å². The molecule has 0 aromatic heterocycles. The second kappa shape index (κ2) is 38.1. The van der Waals surface area contributed by atoms with E-state index >= 15 is 0 Å². The summed E-state index contributed by atoms with van der Waals surface area (Å²) in [6, 6.07) is -1.52. The maximum atomic E-state index is 12.5. The molecule has 12 heteroatoms. The lowest BCUT2D eigenvalue weighted by atomic mass is 10.0. The van der Waals surface area contributed by atoms with E-state index in [4.69, 9.17) is 24.8 Å². The lowest BCUT2D eigenvalue weighted by Crippen LogP contribution is -2.34. The zero-order valence-electron chi connectivity index (χ0n) is 34.3. The van der Waals surface area contributed by atoms with Crippen molar-refractivity contribution in [3.63, 3.8) is 0 Å². The zero-order chi connectivity index (χ0) is 40.0. The van der Waals surface area contributed by atoms with Crippen LogP contribution in [0.3, 0.4) is 0 Å². The third kappa shape index (κ3) is 37.2. The van der Waals surface area contributed by atoms with E-state index in [1.54, 1.807) is 0 Å². The number of ether oxygens (including phenoxy) is 2. The van der Waals surface area contributed by atoms with Crippen LogP contribution in [0.5, 0.6) is 0 Å². The summed E-state index contributed by atoms with van der Waals surface area (Å²) >= 11 is 0. The second-order valence-electron chi connectivity index (χ2n) is 14.8. The number of nitrogens with two attached hydrogens (primary N) is 1. The van der Waals surface area contributed by atoms with Gasteiger partial charge in [-0.3, -0.25) is 23.4 Å². The van der Waals surface area contributed by atoms with Gasteiger partial charge in [0, 0.05) is 12.8 Å². The number of carboxylic acids is 1. The number of carboxylic acid groups (broad SMARTS) is 1. The van der Waals surface area contributed by atoms with Gasteiger partial charge < -0.3 is 25.2 Å². The molecule has 0 heterocycles. The lowest BCUT2D eigenvalue weighted by molar-refractivity contribution is -0.161. The number of esters is 2. The fraction of sp³-hybridized carbons (Fsp3) is 0.881. The standard InChI is InChI=1S/C42H80NO10P/c1-3-5-7-9-11-13-15-16-17-18-19-20-21-22-23-24-26-27-29-31-33-40(44)50-35-38(36-51-54(48,49)52-37-39(43)42(46)47)53-41(45)34-32-30-28-25-14-12-10-8-6-4-2/h8,10,38-39H,3-7,9,11-37,43H2,1-2H3,(H,46,47)(H,48,49)/b10-8-. The number of carbonyl (C=O) groups excluding carboxylic acids is 2. The summed E-state index contributed by atoms with van der Waals surface area (Å²) < 4.78 is 32.6. The van der Waals surface area contributed by atoms with Crippen molar-refractivity contribution in [2.45, 2.75) is 219 Å². The van der Waals surface area contributed by atoms with Gasteiger partial charge in [-0.25, -0.2) is 4.57 Å². The summed E-state index contributed by atoms with van der Waals surface area (Å²) in [7, 11) is -4.71. The van der Waals surface area contributed by atoms with Crippen LogP contribution in [0.15, 0.2) is 12.2 Å². The first kappa shape index (κ1) is 52.2. The highest BCUT2D eigenvalue weighted by Gasteiger charge is 2.28. The Labute approximate surface area is 328 Å². The summed E-state index contributed by atoms with van der Waals surface area (Å²) in [6.45, 7) is 2.74. The third-order valence-electron chi connectivity index (χ3n) is 9.49. The van der Waals surface area contributed by atoms with Crippen molar-refractivity contribution in [1.29, 1.82) is 0 Å². The molecule has 11 nitrogen and oxygen atoms in total. The lowest BCUT2D eigenvalue weighted by Gasteiger charge is -2.20. The Hall–Kier alpha value is -1.78. The Bertz CT molecular complexity index is 979. The number of carbonyl (C=O) groups is 3. The molecule has 0 aromatic rings. The molecule has 3 unspecified atom stereocenters. The summed E-state index contributed by atoms with van der Waals surface area (Å²) in [6.07, 6.45) is 37.2. The monoisotopic (exact) mass is 790 g/mol. The van der Waals surface area contributed by atoms with Gasteiger partial charge in [-0.05, 0) is 32.1 Å². The first-order chi connectivity index (χ1) is 26.1. The van der Waals surface area contributed by atoms with Crippen molar-refractivity contribution in [1.82, 2.24) is 0 Å². The molecule has 54 heavy (non-hydrogen) atoms. The van der Waals surface area contributed by atoms with E-state index in [0.29, 0.717) is 12.8 Å². The Balaban J connectivity index is 4.22. The van der Waals surface area contributed by atoms with Crippen LogP contribution in [-0.4, -0.2) is 59.9 Å². The number of hydrogen-bond donors (Lipinski definition) is 3. The van der Waals surface area contributed by atoms with Crippen molar-refractivity contribution in [2.24, 2.45) is 5.73 Å². The molecule has 318 valence electrons. The van der Waals surface area contributed by atoms with Crippen LogP contribution in [0.1, 0.15) is 206 Å². The fourth-order valence-electron chi connectivity index (χ4n) is 6.07. The number of rotatable bonds is 41. The predicted molar refractivity (Wildman–Crippen MR) is 217 cm³/mol. The van der Waals surface area contributed by atoms with Crippen molar-refractivity contribution >= 4 is 25.7 Å². The van der Waals surface area contributed by atoms with Crippen molar-refractivity contribution in [3.8, 4) is 0 Å². The van der Waals surface area contributed by atoms with Crippen LogP contribution in [0.25, 0.3) is 0 Å². The van der Waals surface area contributed by atoms with Crippen LogP contribution >= 0.6 is 7.82 Å². The molecule has 0 fully saturated rings. The summed E-state index contributed by atoms with van der Waals surface area (Å²) in [5, 5.41) is 8.87. The summed E-state index contributed by atoms with van der Waals surface area (Å²) in [5.41, 5.74) is 5.32. The van der Waals surface area contributed by atoms with E-state index in [1.165, 1.54) is 103 Å². The second-order valence-corrected chi connectivity index (χ2v) is 16.3. The highest BCUT2D eigenvalue weighted by atomic mass is 31.2. The van der Waals surface area contributed by atoms with Gasteiger partial charge in [0.1, 0.15) is 12.6 Å². The Morgan fingerprint density at radius 3 is 1.43 bits per heavy atom. The van der Waals surface area contributed by atoms with Crippen LogP contribution in [0.2, 0.25) is 0 Å². The van der Waals surface area contributed by atoms with Gasteiger partial charge in [0.15, 0.2) is 6.10 Å². The summed E-state index contributed by atoms with van der Waals surface area (Å²) in [5.74, 6) is -2.38. The molecule has 0 bridgehead atoms. The molecule has 0 aliphatic carbocycles. The minimum atomic E-state index is -4.71. The SMILES string of the molecule is CCC/C=C\CCCCCCCC(=O)OC(COC(=O)CCCCCCCCCCCCCCCCCCCCCC)COP(=O)(O)OCC(N)C(=O)O. The van der Waals surface area contributed by atoms with Crippen LogP contribution in [0, 0.1) is 0 Å². The largest absolute Gasteiger partial charge is 0.480 e. The maximum Gasteiger partial charge on any atom is 0.472 e. The van der Waals surface area contributed by atoms with Crippen LogP contribution in [0.4, 0.5) is 0 Å². The molecule has 0 aliphatic rings. The fourth-order valence-corrected chi connectivity index (χ4v) is 6.85. The number of aliphatic carboxylic acids is 1. The van der Waals surface area contributed by atoms with Gasteiger partial charge in [-0.1, -0.05) is 174 Å². The quantitative estimate of drug-likeness (QED) is 0.0233. The molecule has 0 spiro atoms. The molecule has 0 saturated carbocycles. The van der Waals surface area contributed by atoms with Gasteiger partial charge in [0.25, 0.3) is 0 Å². The number of hydrogen-bond acceptors (Lipinski definition) is 9. The van der Waals surface area contributed by atoms with E-state index in [-0.39, 0.29) is 19.4 Å². The van der Waals surface area contributed by atoms with Crippen molar-refractivity contribution in [2.75, 3.05) is 19.8 Å². The number of phosphoric ester groups is 1. The van der Waals surface area contributed by atoms with Gasteiger partial charge in [-0.2, -0.15) is 0 Å². The van der Waals surface area contributed by atoms with Crippen LogP contribution < -0.4 is 5.73 Å². The smallest absolute Gasteiger partial charge is 0.472 e. The van der Waals surface area contributed by atoms with E-state index in [1.807, 2.05) is 0 Å². The highest BCUT2D eigenvalue weighted by molar-refractivity contribution is 7.47. The Kier molecular flexibility index (Phi) is 36.9. The normalized spacial score (nSPS) is 13.9. The Morgan fingerprint density at radius 1 is 0.556 bits per heavy atom. The maximum absolute atomic E-state index is 12.5. The van der Waals surface area contributed by atoms with Gasteiger partial charge >= 0.3 is 25.7 Å². The van der Waals surface area contributed by atoms with E-state index < -0.39 is 51.1 Å². The van der Waals surface area contributed by atoms with Crippen molar-refractivity contribution < 1.29 is 47.5 Å².